The van der Waals surface area contributed by atoms with Gasteiger partial charge < -0.3 is 10.6 Å². The van der Waals surface area contributed by atoms with E-state index in [1.807, 2.05) is 25.1 Å². The fourth-order valence-electron chi connectivity index (χ4n) is 2.05. The minimum absolute atomic E-state index is 0.0822. The molecular formula is C15H18BrN3O. The molecule has 1 heterocycles. The molecule has 0 radical (unpaired) electrons. The van der Waals surface area contributed by atoms with Crippen molar-refractivity contribution in [3.05, 3.63) is 40.5 Å². The molecule has 0 saturated heterocycles. The fourth-order valence-corrected chi connectivity index (χ4v) is 2.50. The lowest BCUT2D eigenvalue weighted by molar-refractivity contribution is -0.120. The highest BCUT2D eigenvalue weighted by molar-refractivity contribution is 9.10. The monoisotopic (exact) mass is 335 g/mol. The molecule has 20 heavy (non-hydrogen) atoms. The number of fused-ring (bicyclic) bond motifs is 1. The van der Waals surface area contributed by atoms with Gasteiger partial charge in [0.2, 0.25) is 5.91 Å². The van der Waals surface area contributed by atoms with Crippen molar-refractivity contribution < 1.29 is 4.79 Å². The van der Waals surface area contributed by atoms with Crippen LogP contribution in [0.1, 0.15) is 18.9 Å². The second-order valence-electron chi connectivity index (χ2n) is 4.49. The Morgan fingerprint density at radius 2 is 2.20 bits per heavy atom. The van der Waals surface area contributed by atoms with Gasteiger partial charge >= 0.3 is 0 Å². The summed E-state index contributed by atoms with van der Waals surface area (Å²) in [5, 5.41) is 7.18. The number of rotatable bonds is 6. The van der Waals surface area contributed by atoms with E-state index in [4.69, 9.17) is 0 Å². The summed E-state index contributed by atoms with van der Waals surface area (Å²) in [4.78, 5) is 15.8. The van der Waals surface area contributed by atoms with Crippen LogP contribution in [-0.4, -0.2) is 24.0 Å². The maximum atomic E-state index is 11.3. The molecule has 0 spiro atoms. The van der Waals surface area contributed by atoms with Crippen LogP contribution in [0.25, 0.3) is 10.9 Å². The Kier molecular flexibility index (Phi) is 5.49. The van der Waals surface area contributed by atoms with Crippen molar-refractivity contribution in [1.29, 1.82) is 0 Å². The topological polar surface area (TPSA) is 54.0 Å². The van der Waals surface area contributed by atoms with Gasteiger partial charge in [-0.1, -0.05) is 28.1 Å². The summed E-state index contributed by atoms with van der Waals surface area (Å²) in [6.45, 7) is 3.97. The average Bonchev–Trinajstić information content (AvgIpc) is 2.46. The van der Waals surface area contributed by atoms with Gasteiger partial charge in [0.1, 0.15) is 0 Å². The number of pyridine rings is 1. The highest BCUT2D eigenvalue weighted by atomic mass is 79.9. The molecule has 2 aromatic rings. The third-order valence-corrected chi connectivity index (χ3v) is 3.71. The van der Waals surface area contributed by atoms with E-state index in [0.29, 0.717) is 26.1 Å². The van der Waals surface area contributed by atoms with E-state index in [-0.39, 0.29) is 5.91 Å². The Labute approximate surface area is 127 Å². The average molecular weight is 336 g/mol. The van der Waals surface area contributed by atoms with Crippen molar-refractivity contribution >= 4 is 32.7 Å². The van der Waals surface area contributed by atoms with E-state index in [1.165, 1.54) is 0 Å². The second-order valence-corrected chi connectivity index (χ2v) is 5.34. The van der Waals surface area contributed by atoms with Gasteiger partial charge in [0, 0.05) is 42.1 Å². The zero-order valence-electron chi connectivity index (χ0n) is 11.4. The first-order valence-corrected chi connectivity index (χ1v) is 7.51. The van der Waals surface area contributed by atoms with Crippen LogP contribution >= 0.6 is 15.9 Å². The molecule has 0 fully saturated rings. The lowest BCUT2D eigenvalue weighted by atomic mass is 10.1. The van der Waals surface area contributed by atoms with Crippen LogP contribution in [0, 0.1) is 0 Å². The number of carbonyl (C=O) groups is 1. The third-order valence-electron chi connectivity index (χ3n) is 3.02. The fraction of sp³-hybridized carbons (Fsp3) is 0.333. The number of hydrogen-bond acceptors (Lipinski definition) is 3. The Morgan fingerprint density at radius 3 is 3.00 bits per heavy atom. The Hall–Kier alpha value is -1.46. The minimum Gasteiger partial charge on any atom is -0.356 e. The smallest absolute Gasteiger partial charge is 0.221 e. The molecule has 1 amide bonds. The molecule has 2 N–H and O–H groups in total. The van der Waals surface area contributed by atoms with Crippen molar-refractivity contribution in [3.8, 4) is 0 Å². The standard InChI is InChI=1S/C15H18BrN3O/c1-2-18-14(20)7-9-17-10-11-5-6-13(16)12-4-3-8-19-15(11)12/h3-6,8,17H,2,7,9-10H2,1H3,(H,18,20). The number of nitrogens with one attached hydrogen (secondary N) is 2. The molecule has 1 aromatic carbocycles. The summed E-state index contributed by atoms with van der Waals surface area (Å²) < 4.78 is 1.05. The molecular weight excluding hydrogens is 318 g/mol. The Bertz CT molecular complexity index is 601. The summed E-state index contributed by atoms with van der Waals surface area (Å²) in [5.41, 5.74) is 2.13. The van der Waals surface area contributed by atoms with Crippen LogP contribution in [0.15, 0.2) is 34.9 Å². The van der Waals surface area contributed by atoms with E-state index < -0.39 is 0 Å². The number of benzene rings is 1. The predicted molar refractivity (Wildman–Crippen MR) is 84.5 cm³/mol. The molecule has 1 aromatic heterocycles. The van der Waals surface area contributed by atoms with Gasteiger partial charge in [0.15, 0.2) is 0 Å². The molecule has 106 valence electrons. The minimum atomic E-state index is 0.0822. The van der Waals surface area contributed by atoms with Gasteiger partial charge in [-0.3, -0.25) is 9.78 Å². The largest absolute Gasteiger partial charge is 0.356 e. The zero-order chi connectivity index (χ0) is 14.4. The highest BCUT2D eigenvalue weighted by Gasteiger charge is 2.05. The van der Waals surface area contributed by atoms with Crippen LogP contribution < -0.4 is 10.6 Å². The highest BCUT2D eigenvalue weighted by Crippen LogP contribution is 2.24. The third kappa shape index (κ3) is 3.77. The van der Waals surface area contributed by atoms with Gasteiger partial charge in [-0.15, -0.1) is 0 Å². The molecule has 0 unspecified atom stereocenters. The Balaban J connectivity index is 1.97. The van der Waals surface area contributed by atoms with Gasteiger partial charge in [-0.25, -0.2) is 0 Å². The number of carbonyl (C=O) groups excluding carboxylic acids is 1. The summed E-state index contributed by atoms with van der Waals surface area (Å²) in [7, 11) is 0. The van der Waals surface area contributed by atoms with E-state index in [0.717, 1.165) is 20.9 Å². The molecule has 2 rings (SSSR count). The number of amides is 1. The van der Waals surface area contributed by atoms with Crippen LogP contribution in [0.2, 0.25) is 0 Å². The van der Waals surface area contributed by atoms with Crippen molar-refractivity contribution in [2.45, 2.75) is 19.9 Å². The van der Waals surface area contributed by atoms with Crippen molar-refractivity contribution in [2.24, 2.45) is 0 Å². The summed E-state index contributed by atoms with van der Waals surface area (Å²) in [5.74, 6) is 0.0822. The van der Waals surface area contributed by atoms with Crippen molar-refractivity contribution in [1.82, 2.24) is 15.6 Å². The first-order chi connectivity index (χ1) is 9.72. The van der Waals surface area contributed by atoms with Gasteiger partial charge in [-0.2, -0.15) is 0 Å². The molecule has 5 heteroatoms. The lowest BCUT2D eigenvalue weighted by Crippen LogP contribution is -2.27. The lowest BCUT2D eigenvalue weighted by Gasteiger charge is -2.08. The van der Waals surface area contributed by atoms with Crippen LogP contribution in [0.3, 0.4) is 0 Å². The van der Waals surface area contributed by atoms with Gasteiger partial charge in [0.25, 0.3) is 0 Å². The normalized spacial score (nSPS) is 10.7. The summed E-state index contributed by atoms with van der Waals surface area (Å²) >= 11 is 3.54. The number of hydrogen-bond donors (Lipinski definition) is 2. The molecule has 0 aliphatic heterocycles. The van der Waals surface area contributed by atoms with Crippen molar-refractivity contribution in [3.63, 3.8) is 0 Å². The maximum absolute atomic E-state index is 11.3. The molecule has 4 nitrogen and oxygen atoms in total. The van der Waals surface area contributed by atoms with E-state index in [1.54, 1.807) is 6.20 Å². The molecule has 0 atom stereocenters. The van der Waals surface area contributed by atoms with Crippen LogP contribution in [-0.2, 0) is 11.3 Å². The summed E-state index contributed by atoms with van der Waals surface area (Å²) in [6.07, 6.45) is 2.29. The predicted octanol–water partition coefficient (Wildman–Crippen LogP) is 2.61. The zero-order valence-corrected chi connectivity index (χ0v) is 13.0. The SMILES string of the molecule is CCNC(=O)CCNCc1ccc(Br)c2cccnc12. The molecule has 0 aliphatic rings. The summed E-state index contributed by atoms with van der Waals surface area (Å²) in [6, 6.07) is 8.06. The van der Waals surface area contributed by atoms with E-state index >= 15 is 0 Å². The maximum Gasteiger partial charge on any atom is 0.221 e. The number of nitrogens with zero attached hydrogens (tertiary/aromatic N) is 1. The van der Waals surface area contributed by atoms with E-state index in [2.05, 4.69) is 37.6 Å². The molecule has 0 aliphatic carbocycles. The molecule has 0 bridgehead atoms. The van der Waals surface area contributed by atoms with Gasteiger partial charge in [-0.05, 0) is 24.6 Å². The molecule has 0 saturated carbocycles. The number of halogens is 1. The quantitative estimate of drug-likeness (QED) is 0.798. The van der Waals surface area contributed by atoms with Crippen LogP contribution in [0.5, 0.6) is 0 Å². The van der Waals surface area contributed by atoms with Crippen molar-refractivity contribution in [2.75, 3.05) is 13.1 Å². The van der Waals surface area contributed by atoms with E-state index in [9.17, 15) is 4.79 Å². The Morgan fingerprint density at radius 1 is 1.35 bits per heavy atom. The first kappa shape index (κ1) is 14.9. The number of aromatic nitrogens is 1. The first-order valence-electron chi connectivity index (χ1n) is 6.72. The van der Waals surface area contributed by atoms with Crippen LogP contribution in [0.4, 0.5) is 0 Å². The second kappa shape index (κ2) is 7.36. The van der Waals surface area contributed by atoms with Gasteiger partial charge in [0.05, 0.1) is 5.52 Å².